The lowest BCUT2D eigenvalue weighted by atomic mass is 9.89. The molecule has 0 unspecified atom stereocenters. The van der Waals surface area contributed by atoms with E-state index in [1.807, 2.05) is 6.07 Å². The van der Waals surface area contributed by atoms with Gasteiger partial charge < -0.3 is 5.32 Å². The predicted octanol–water partition coefficient (Wildman–Crippen LogP) is 0.959. The smallest absolute Gasteiger partial charge is 0.317 e. The number of imide groups is 1. The van der Waals surface area contributed by atoms with Gasteiger partial charge in [-0.2, -0.15) is 0 Å². The molecule has 1 atom stereocenters. The zero-order chi connectivity index (χ0) is 18.5. The summed E-state index contributed by atoms with van der Waals surface area (Å²) in [5.74, 6) is -0.204. The van der Waals surface area contributed by atoms with Crippen LogP contribution < -0.4 is 16.3 Å². The van der Waals surface area contributed by atoms with Gasteiger partial charge in [-0.1, -0.05) is 6.07 Å². The molecular formula is C19H24N4O3. The summed E-state index contributed by atoms with van der Waals surface area (Å²) in [7, 11) is 1.74. The minimum absolute atomic E-state index is 0.227. The molecule has 2 fully saturated rings. The Morgan fingerprint density at radius 2 is 1.85 bits per heavy atom. The summed E-state index contributed by atoms with van der Waals surface area (Å²) < 4.78 is 3.16. The van der Waals surface area contributed by atoms with Gasteiger partial charge in [0.05, 0.1) is 11.0 Å². The maximum atomic E-state index is 13.0. The van der Waals surface area contributed by atoms with E-state index in [-0.39, 0.29) is 18.0 Å². The number of nitrogens with one attached hydrogen (secondary N) is 2. The van der Waals surface area contributed by atoms with E-state index >= 15 is 0 Å². The highest BCUT2D eigenvalue weighted by Gasteiger charge is 2.42. The number of aryl methyl sites for hydroxylation is 1. The summed E-state index contributed by atoms with van der Waals surface area (Å²) in [6, 6.07) is 6.10. The molecule has 7 heteroatoms. The van der Waals surface area contributed by atoms with Crippen molar-refractivity contribution in [2.45, 2.75) is 44.1 Å². The maximum Gasteiger partial charge on any atom is 0.329 e. The minimum atomic E-state index is -1.05. The highest BCUT2D eigenvalue weighted by molar-refractivity contribution is 6.02. The van der Waals surface area contributed by atoms with Crippen molar-refractivity contribution in [1.29, 1.82) is 0 Å². The predicted molar refractivity (Wildman–Crippen MR) is 98.1 cm³/mol. The van der Waals surface area contributed by atoms with Crippen molar-refractivity contribution < 1.29 is 9.59 Å². The highest BCUT2D eigenvalue weighted by atomic mass is 16.2. The van der Waals surface area contributed by atoms with E-state index in [1.54, 1.807) is 23.1 Å². The van der Waals surface area contributed by atoms with Gasteiger partial charge in [-0.05, 0) is 62.9 Å². The van der Waals surface area contributed by atoms with Crippen molar-refractivity contribution in [2.24, 2.45) is 7.05 Å². The average Bonchev–Trinajstić information content (AvgIpc) is 2.90. The van der Waals surface area contributed by atoms with Crippen LogP contribution in [-0.4, -0.2) is 34.0 Å². The Bertz CT molecular complexity index is 952. The number of rotatable bonds is 2. The van der Waals surface area contributed by atoms with Crippen LogP contribution in [0.15, 0.2) is 23.0 Å². The van der Waals surface area contributed by atoms with Crippen LogP contribution in [0.4, 0.5) is 0 Å². The van der Waals surface area contributed by atoms with Crippen LogP contribution in [0.2, 0.25) is 0 Å². The number of carbonyl (C=O) groups excluding carboxylic acids is 2. The molecule has 1 aromatic heterocycles. The molecule has 4 rings (SSSR count). The van der Waals surface area contributed by atoms with E-state index < -0.39 is 11.4 Å². The standard InChI is InChI=1S/C19H24N4O3/c1-19(8-5-16(24)21-17(19)25)23-14-4-3-13(12-6-9-20-10-7-12)11-15(14)22(2)18(23)26/h3-4,11-12,20H,5-10H2,1-2H3,(H,21,24,25)/t19-/m1/s1. The molecule has 7 nitrogen and oxygen atoms in total. The van der Waals surface area contributed by atoms with E-state index in [1.165, 1.54) is 5.56 Å². The molecule has 2 aromatic rings. The molecule has 0 saturated carbocycles. The molecule has 0 aliphatic carbocycles. The number of nitrogens with zero attached hydrogens (tertiary/aromatic N) is 2. The molecular weight excluding hydrogens is 332 g/mol. The van der Waals surface area contributed by atoms with Crippen molar-refractivity contribution >= 4 is 22.8 Å². The van der Waals surface area contributed by atoms with E-state index in [2.05, 4.69) is 22.8 Å². The second-order valence-corrected chi connectivity index (χ2v) is 7.60. The number of hydrogen-bond acceptors (Lipinski definition) is 4. The monoisotopic (exact) mass is 356 g/mol. The van der Waals surface area contributed by atoms with Crippen molar-refractivity contribution in [2.75, 3.05) is 13.1 Å². The summed E-state index contributed by atoms with van der Waals surface area (Å²) in [6.07, 6.45) is 2.73. The van der Waals surface area contributed by atoms with Crippen molar-refractivity contribution in [3.8, 4) is 0 Å². The van der Waals surface area contributed by atoms with Crippen LogP contribution in [0.5, 0.6) is 0 Å². The summed E-state index contributed by atoms with van der Waals surface area (Å²) in [5.41, 5.74) is 1.52. The molecule has 2 aliphatic heterocycles. The summed E-state index contributed by atoms with van der Waals surface area (Å²) in [5, 5.41) is 5.75. The van der Waals surface area contributed by atoms with Crippen molar-refractivity contribution in [3.63, 3.8) is 0 Å². The van der Waals surface area contributed by atoms with Gasteiger partial charge in [0.2, 0.25) is 5.91 Å². The van der Waals surface area contributed by atoms with Crippen LogP contribution in [0.25, 0.3) is 11.0 Å². The molecule has 0 radical (unpaired) electrons. The molecule has 2 saturated heterocycles. The lowest BCUT2D eigenvalue weighted by Gasteiger charge is -2.32. The molecule has 3 heterocycles. The van der Waals surface area contributed by atoms with E-state index in [0.29, 0.717) is 12.3 Å². The first-order chi connectivity index (χ1) is 12.4. The Labute approximate surface area is 151 Å². The van der Waals surface area contributed by atoms with Gasteiger partial charge in [0.1, 0.15) is 5.54 Å². The lowest BCUT2D eigenvalue weighted by Crippen LogP contribution is -2.55. The van der Waals surface area contributed by atoms with Crippen LogP contribution >= 0.6 is 0 Å². The number of hydrogen-bond donors (Lipinski definition) is 2. The zero-order valence-electron chi connectivity index (χ0n) is 15.2. The van der Waals surface area contributed by atoms with Crippen LogP contribution in [0.3, 0.4) is 0 Å². The van der Waals surface area contributed by atoms with E-state index in [4.69, 9.17) is 0 Å². The first-order valence-corrected chi connectivity index (χ1v) is 9.19. The van der Waals surface area contributed by atoms with E-state index in [9.17, 15) is 14.4 Å². The van der Waals surface area contributed by atoms with Gasteiger partial charge in [-0.3, -0.25) is 24.0 Å². The van der Waals surface area contributed by atoms with E-state index in [0.717, 1.165) is 37.0 Å². The number of aromatic nitrogens is 2. The average molecular weight is 356 g/mol. The number of benzene rings is 1. The lowest BCUT2D eigenvalue weighted by molar-refractivity contribution is -0.140. The molecule has 2 aliphatic rings. The molecule has 2 N–H and O–H groups in total. The topological polar surface area (TPSA) is 85.1 Å². The van der Waals surface area contributed by atoms with Gasteiger partial charge in [0.15, 0.2) is 0 Å². The number of amides is 2. The van der Waals surface area contributed by atoms with Gasteiger partial charge in [0.25, 0.3) is 5.91 Å². The highest BCUT2D eigenvalue weighted by Crippen LogP contribution is 2.32. The number of fused-ring (bicyclic) bond motifs is 1. The Morgan fingerprint density at radius 3 is 2.54 bits per heavy atom. The molecule has 138 valence electrons. The van der Waals surface area contributed by atoms with Crippen molar-refractivity contribution in [3.05, 3.63) is 34.2 Å². The fourth-order valence-corrected chi connectivity index (χ4v) is 4.25. The third-order valence-electron chi connectivity index (χ3n) is 5.97. The largest absolute Gasteiger partial charge is 0.329 e. The first kappa shape index (κ1) is 17.0. The zero-order valence-corrected chi connectivity index (χ0v) is 15.2. The van der Waals surface area contributed by atoms with Gasteiger partial charge in [-0.15, -0.1) is 0 Å². The Kier molecular flexibility index (Phi) is 3.99. The van der Waals surface area contributed by atoms with Crippen LogP contribution in [-0.2, 0) is 22.2 Å². The fraction of sp³-hybridized carbons (Fsp3) is 0.526. The van der Waals surface area contributed by atoms with Crippen LogP contribution in [0.1, 0.15) is 44.1 Å². The number of piperidine rings is 2. The Morgan fingerprint density at radius 1 is 1.12 bits per heavy atom. The van der Waals surface area contributed by atoms with Crippen LogP contribution in [0, 0.1) is 0 Å². The van der Waals surface area contributed by atoms with Crippen molar-refractivity contribution in [1.82, 2.24) is 19.8 Å². The van der Waals surface area contributed by atoms with Gasteiger partial charge in [0, 0.05) is 13.5 Å². The molecule has 26 heavy (non-hydrogen) atoms. The third kappa shape index (κ3) is 2.49. The number of carbonyl (C=O) groups is 2. The molecule has 1 aromatic carbocycles. The Hall–Kier alpha value is -2.41. The van der Waals surface area contributed by atoms with Gasteiger partial charge >= 0.3 is 5.69 Å². The molecule has 2 amide bonds. The second kappa shape index (κ2) is 6.09. The molecule has 0 bridgehead atoms. The normalized spacial score (nSPS) is 24.8. The quantitative estimate of drug-likeness (QED) is 0.785. The maximum absolute atomic E-state index is 13.0. The minimum Gasteiger partial charge on any atom is -0.317 e. The second-order valence-electron chi connectivity index (χ2n) is 7.60. The third-order valence-corrected chi connectivity index (χ3v) is 5.97. The number of imidazole rings is 1. The summed E-state index contributed by atoms with van der Waals surface area (Å²) in [6.45, 7) is 3.75. The fourth-order valence-electron chi connectivity index (χ4n) is 4.25. The SMILES string of the molecule is Cn1c(=O)n([C@]2(C)CCC(=O)NC2=O)c2ccc(C3CCNCC3)cc21. The first-order valence-electron chi connectivity index (χ1n) is 9.19. The molecule has 0 spiro atoms. The Balaban J connectivity index is 1.84. The summed E-state index contributed by atoms with van der Waals surface area (Å²) >= 11 is 0. The summed E-state index contributed by atoms with van der Waals surface area (Å²) in [4.78, 5) is 37.0. The van der Waals surface area contributed by atoms with Gasteiger partial charge in [-0.25, -0.2) is 4.79 Å².